The lowest BCUT2D eigenvalue weighted by Gasteiger charge is -2.40. The van der Waals surface area contributed by atoms with Crippen molar-refractivity contribution in [3.63, 3.8) is 0 Å². The van der Waals surface area contributed by atoms with E-state index in [9.17, 15) is 18.0 Å². The van der Waals surface area contributed by atoms with E-state index in [1.54, 1.807) is 17.0 Å². The van der Waals surface area contributed by atoms with Crippen molar-refractivity contribution in [2.45, 2.75) is 51.1 Å². The molecule has 166 valence electrons. The summed E-state index contributed by atoms with van der Waals surface area (Å²) in [5.41, 5.74) is 1.52. The van der Waals surface area contributed by atoms with Gasteiger partial charge in [-0.3, -0.25) is 9.80 Å². The van der Waals surface area contributed by atoms with Gasteiger partial charge in [-0.1, -0.05) is 0 Å². The van der Waals surface area contributed by atoms with Gasteiger partial charge in [0.25, 0.3) is 0 Å². The second-order valence-corrected chi connectivity index (χ2v) is 9.76. The number of hydrogen-bond donors (Lipinski definition) is 1. The number of halogens is 3. The monoisotopic (exact) mass is 431 g/mol. The number of hydrogen-bond acceptors (Lipinski definition) is 2. The smallest absolute Gasteiger partial charge is 0.322 e. The SMILES string of the molecule is CC(C)(C)NC(=O)N1CC2(CCN(Cc3cc(F)cc(F)c3)CC2)c2cc(F)ccc21. The molecular formula is C24H28F3N3O. The predicted octanol–water partition coefficient (Wildman–Crippen LogP) is 4.97. The number of rotatable bonds is 2. The first-order valence-electron chi connectivity index (χ1n) is 10.6. The van der Waals surface area contributed by atoms with E-state index in [2.05, 4.69) is 10.2 Å². The van der Waals surface area contributed by atoms with E-state index in [1.165, 1.54) is 18.2 Å². The highest BCUT2D eigenvalue weighted by molar-refractivity contribution is 5.95. The highest BCUT2D eigenvalue weighted by atomic mass is 19.1. The Morgan fingerprint density at radius 1 is 1.00 bits per heavy atom. The van der Waals surface area contributed by atoms with Gasteiger partial charge in [0.1, 0.15) is 17.5 Å². The van der Waals surface area contributed by atoms with Crippen LogP contribution in [0.3, 0.4) is 0 Å². The van der Waals surface area contributed by atoms with Gasteiger partial charge in [0.05, 0.1) is 0 Å². The first kappa shape index (κ1) is 21.7. The predicted molar refractivity (Wildman–Crippen MR) is 115 cm³/mol. The minimum atomic E-state index is -0.579. The highest BCUT2D eigenvalue weighted by Gasteiger charge is 2.46. The van der Waals surface area contributed by atoms with E-state index in [1.807, 2.05) is 20.8 Å². The van der Waals surface area contributed by atoms with E-state index in [0.29, 0.717) is 31.7 Å². The molecule has 2 amide bonds. The average Bonchev–Trinajstić information content (AvgIpc) is 2.95. The topological polar surface area (TPSA) is 35.6 Å². The zero-order chi connectivity index (χ0) is 22.4. The molecule has 1 fully saturated rings. The zero-order valence-electron chi connectivity index (χ0n) is 18.1. The number of nitrogens with one attached hydrogen (secondary N) is 1. The Morgan fingerprint density at radius 2 is 1.65 bits per heavy atom. The molecule has 4 nitrogen and oxygen atoms in total. The number of fused-ring (bicyclic) bond motifs is 2. The van der Waals surface area contributed by atoms with Crippen molar-refractivity contribution >= 4 is 11.7 Å². The summed E-state index contributed by atoms with van der Waals surface area (Å²) in [6, 6.07) is 8.02. The summed E-state index contributed by atoms with van der Waals surface area (Å²) in [4.78, 5) is 16.8. The minimum Gasteiger partial charge on any atom is -0.333 e. The van der Waals surface area contributed by atoms with E-state index in [-0.39, 0.29) is 22.8 Å². The lowest BCUT2D eigenvalue weighted by atomic mass is 9.74. The maximum atomic E-state index is 14.1. The van der Waals surface area contributed by atoms with Gasteiger partial charge < -0.3 is 5.32 Å². The molecule has 0 saturated carbocycles. The molecule has 0 bridgehead atoms. The van der Waals surface area contributed by atoms with Crippen LogP contribution >= 0.6 is 0 Å². The molecule has 2 aliphatic heterocycles. The van der Waals surface area contributed by atoms with Crippen LogP contribution in [-0.2, 0) is 12.0 Å². The van der Waals surface area contributed by atoms with Gasteiger partial charge in [0.2, 0.25) is 0 Å². The summed E-state index contributed by atoms with van der Waals surface area (Å²) in [7, 11) is 0. The number of benzene rings is 2. The molecule has 31 heavy (non-hydrogen) atoms. The Labute approximate surface area is 181 Å². The third-order valence-electron chi connectivity index (χ3n) is 6.15. The number of nitrogens with zero attached hydrogens (tertiary/aromatic N) is 2. The molecule has 2 aliphatic rings. The van der Waals surface area contributed by atoms with Crippen molar-refractivity contribution in [1.29, 1.82) is 0 Å². The Morgan fingerprint density at radius 3 is 2.26 bits per heavy atom. The van der Waals surface area contributed by atoms with Crippen molar-refractivity contribution in [2.24, 2.45) is 0 Å². The quantitative estimate of drug-likeness (QED) is 0.729. The van der Waals surface area contributed by atoms with E-state index >= 15 is 0 Å². The van der Waals surface area contributed by atoms with E-state index < -0.39 is 11.6 Å². The molecule has 0 aromatic heterocycles. The molecule has 0 unspecified atom stereocenters. The summed E-state index contributed by atoms with van der Waals surface area (Å²) >= 11 is 0. The van der Waals surface area contributed by atoms with Crippen LogP contribution in [-0.4, -0.2) is 36.1 Å². The van der Waals surface area contributed by atoms with E-state index in [4.69, 9.17) is 0 Å². The van der Waals surface area contributed by atoms with Crippen LogP contribution in [0.2, 0.25) is 0 Å². The molecule has 1 saturated heterocycles. The Balaban J connectivity index is 1.53. The van der Waals surface area contributed by atoms with Crippen LogP contribution in [0, 0.1) is 17.5 Å². The van der Waals surface area contributed by atoms with Gasteiger partial charge in [-0.2, -0.15) is 0 Å². The van der Waals surface area contributed by atoms with Crippen LogP contribution in [0.15, 0.2) is 36.4 Å². The van der Waals surface area contributed by atoms with Crippen LogP contribution in [0.1, 0.15) is 44.7 Å². The molecule has 0 atom stereocenters. The molecule has 2 aromatic rings. The van der Waals surface area contributed by atoms with Crippen LogP contribution in [0.5, 0.6) is 0 Å². The van der Waals surface area contributed by atoms with Gasteiger partial charge in [-0.25, -0.2) is 18.0 Å². The first-order chi connectivity index (χ1) is 14.5. The second-order valence-electron chi connectivity index (χ2n) is 9.76. The third kappa shape index (κ3) is 4.56. The number of likely N-dealkylation sites (tertiary alicyclic amines) is 1. The molecular weight excluding hydrogens is 403 g/mol. The van der Waals surface area contributed by atoms with Crippen LogP contribution in [0.4, 0.5) is 23.7 Å². The molecule has 2 heterocycles. The summed E-state index contributed by atoms with van der Waals surface area (Å²) in [5, 5.41) is 3.00. The number of carbonyl (C=O) groups excluding carboxylic acids is 1. The molecule has 1 spiro atoms. The van der Waals surface area contributed by atoms with Crippen molar-refractivity contribution < 1.29 is 18.0 Å². The molecule has 2 aromatic carbocycles. The highest BCUT2D eigenvalue weighted by Crippen LogP contribution is 2.47. The fourth-order valence-electron chi connectivity index (χ4n) is 4.74. The molecule has 1 N–H and O–H groups in total. The second kappa shape index (κ2) is 7.86. The normalized spacial score (nSPS) is 18.3. The summed E-state index contributed by atoms with van der Waals surface area (Å²) in [6.45, 7) is 8.12. The molecule has 0 aliphatic carbocycles. The van der Waals surface area contributed by atoms with Crippen LogP contribution < -0.4 is 10.2 Å². The van der Waals surface area contributed by atoms with Crippen molar-refractivity contribution in [3.8, 4) is 0 Å². The third-order valence-corrected chi connectivity index (χ3v) is 6.15. The summed E-state index contributed by atoms with van der Waals surface area (Å²) < 4.78 is 41.2. The number of amides is 2. The number of piperidine rings is 1. The van der Waals surface area contributed by atoms with Gasteiger partial charge in [-0.05, 0) is 88.2 Å². The Kier molecular flexibility index (Phi) is 5.50. The fraction of sp³-hybridized carbons (Fsp3) is 0.458. The van der Waals surface area contributed by atoms with Gasteiger partial charge in [-0.15, -0.1) is 0 Å². The first-order valence-corrected chi connectivity index (χ1v) is 10.6. The van der Waals surface area contributed by atoms with Crippen molar-refractivity contribution in [3.05, 3.63) is 65.0 Å². The van der Waals surface area contributed by atoms with Crippen LogP contribution in [0.25, 0.3) is 0 Å². The number of urea groups is 1. The molecule has 0 radical (unpaired) electrons. The number of carbonyl (C=O) groups is 1. The average molecular weight is 432 g/mol. The summed E-state index contributed by atoms with van der Waals surface area (Å²) in [6.07, 6.45) is 1.47. The van der Waals surface area contributed by atoms with Gasteiger partial charge in [0.15, 0.2) is 0 Å². The Hall–Kier alpha value is -2.54. The minimum absolute atomic E-state index is 0.185. The van der Waals surface area contributed by atoms with Crippen molar-refractivity contribution in [1.82, 2.24) is 10.2 Å². The molecule has 4 rings (SSSR count). The maximum Gasteiger partial charge on any atom is 0.322 e. The maximum absolute atomic E-state index is 14.1. The largest absolute Gasteiger partial charge is 0.333 e. The van der Waals surface area contributed by atoms with Gasteiger partial charge in [0, 0.05) is 35.8 Å². The Bertz CT molecular complexity index is 974. The number of anilines is 1. The van der Waals surface area contributed by atoms with Crippen molar-refractivity contribution in [2.75, 3.05) is 24.5 Å². The fourth-order valence-corrected chi connectivity index (χ4v) is 4.74. The lowest BCUT2D eigenvalue weighted by Crippen LogP contribution is -2.51. The van der Waals surface area contributed by atoms with E-state index in [0.717, 1.165) is 30.2 Å². The van der Waals surface area contributed by atoms with Gasteiger partial charge >= 0.3 is 6.03 Å². The standard InChI is InChI=1S/C24H28F3N3O/c1-23(2,3)28-22(31)30-15-24(20-13-17(25)4-5-21(20)30)6-8-29(9-7-24)14-16-10-18(26)12-19(27)11-16/h4-5,10-13H,6-9,14-15H2,1-3H3,(H,28,31). The summed E-state index contributed by atoms with van der Waals surface area (Å²) in [5.74, 6) is -1.47. The molecule has 7 heteroatoms. The zero-order valence-corrected chi connectivity index (χ0v) is 18.1. The lowest BCUT2D eigenvalue weighted by molar-refractivity contribution is 0.159.